The third-order valence-electron chi connectivity index (χ3n) is 5.96. The Hall–Kier alpha value is -2.21. The Bertz CT molecular complexity index is 887. The van der Waals surface area contributed by atoms with Crippen molar-refractivity contribution >= 4 is 5.52 Å². The molecule has 6 nitrogen and oxygen atoms in total. The molecule has 136 valence electrons. The number of piperidine rings is 1. The molecule has 0 aromatic carbocycles. The highest BCUT2D eigenvalue weighted by Gasteiger charge is 2.26. The van der Waals surface area contributed by atoms with E-state index in [0.717, 1.165) is 32.6 Å². The molecule has 5 heterocycles. The van der Waals surface area contributed by atoms with Gasteiger partial charge in [0.1, 0.15) is 11.6 Å². The number of fused-ring (bicyclic) bond motifs is 2. The fraction of sp³-hybridized carbons (Fsp3) is 0.550. The van der Waals surface area contributed by atoms with E-state index in [1.165, 1.54) is 54.8 Å². The van der Waals surface area contributed by atoms with Crippen molar-refractivity contribution in [2.75, 3.05) is 13.1 Å². The molecule has 0 N–H and O–H groups in total. The zero-order valence-electron chi connectivity index (χ0n) is 15.2. The smallest absolute Gasteiger partial charge is 0.136 e. The lowest BCUT2D eigenvalue weighted by atomic mass is 9.95. The average molecular weight is 350 g/mol. The highest BCUT2D eigenvalue weighted by atomic mass is 15.3. The van der Waals surface area contributed by atoms with Gasteiger partial charge in [-0.25, -0.2) is 4.52 Å². The summed E-state index contributed by atoms with van der Waals surface area (Å²) in [6, 6.07) is 6.49. The van der Waals surface area contributed by atoms with Crippen molar-refractivity contribution in [1.29, 1.82) is 0 Å². The van der Waals surface area contributed by atoms with Gasteiger partial charge in [0.25, 0.3) is 0 Å². The van der Waals surface area contributed by atoms with Crippen LogP contribution in [0, 0.1) is 0 Å². The minimum atomic E-state index is 0.572. The molecule has 1 fully saturated rings. The van der Waals surface area contributed by atoms with Crippen molar-refractivity contribution < 1.29 is 0 Å². The Morgan fingerprint density at radius 3 is 2.85 bits per heavy atom. The van der Waals surface area contributed by atoms with Gasteiger partial charge in [0.15, 0.2) is 0 Å². The maximum Gasteiger partial charge on any atom is 0.136 e. The van der Waals surface area contributed by atoms with Crippen molar-refractivity contribution in [2.45, 2.75) is 57.5 Å². The zero-order chi connectivity index (χ0) is 17.3. The average Bonchev–Trinajstić information content (AvgIpc) is 3.23. The van der Waals surface area contributed by atoms with E-state index in [9.17, 15) is 0 Å². The minimum Gasteiger partial charge on any atom is -0.315 e. The summed E-state index contributed by atoms with van der Waals surface area (Å²) < 4.78 is 4.35. The number of aryl methyl sites for hydroxylation is 1. The maximum absolute atomic E-state index is 4.59. The first kappa shape index (κ1) is 16.0. The van der Waals surface area contributed by atoms with Crippen LogP contribution in [0.5, 0.6) is 0 Å². The molecule has 5 rings (SSSR count). The topological polar surface area (TPSA) is 51.2 Å². The van der Waals surface area contributed by atoms with E-state index in [2.05, 4.69) is 49.2 Å². The van der Waals surface area contributed by atoms with E-state index >= 15 is 0 Å². The van der Waals surface area contributed by atoms with Gasteiger partial charge in [0, 0.05) is 37.8 Å². The predicted octanol–water partition coefficient (Wildman–Crippen LogP) is 3.03. The molecule has 0 radical (unpaired) electrons. The predicted molar refractivity (Wildman–Crippen MR) is 100 cm³/mol. The number of rotatable bonds is 3. The summed E-state index contributed by atoms with van der Waals surface area (Å²) >= 11 is 0. The van der Waals surface area contributed by atoms with E-state index in [1.54, 1.807) is 0 Å². The lowest BCUT2D eigenvalue weighted by Gasteiger charge is -2.31. The van der Waals surface area contributed by atoms with E-state index in [1.807, 2.05) is 10.7 Å². The Kier molecular flexibility index (Phi) is 4.21. The van der Waals surface area contributed by atoms with E-state index in [-0.39, 0.29) is 0 Å². The largest absolute Gasteiger partial charge is 0.315 e. The molecule has 0 spiro atoms. The lowest BCUT2D eigenvalue weighted by Crippen LogP contribution is -2.33. The van der Waals surface area contributed by atoms with Crippen LogP contribution in [0.15, 0.2) is 30.6 Å². The molecule has 1 saturated heterocycles. The van der Waals surface area contributed by atoms with Gasteiger partial charge in [-0.05, 0) is 62.5 Å². The first-order valence-corrected chi connectivity index (χ1v) is 9.93. The third-order valence-corrected chi connectivity index (χ3v) is 5.96. The number of hydrogen-bond donors (Lipinski definition) is 0. The van der Waals surface area contributed by atoms with Gasteiger partial charge in [-0.2, -0.15) is 5.10 Å². The van der Waals surface area contributed by atoms with Gasteiger partial charge < -0.3 is 4.57 Å². The Morgan fingerprint density at radius 2 is 1.92 bits per heavy atom. The fourth-order valence-electron chi connectivity index (χ4n) is 4.48. The summed E-state index contributed by atoms with van der Waals surface area (Å²) in [7, 11) is 0. The summed E-state index contributed by atoms with van der Waals surface area (Å²) in [4.78, 5) is 2.57. The van der Waals surface area contributed by atoms with Crippen molar-refractivity contribution in [3.63, 3.8) is 0 Å². The molecule has 0 saturated carbocycles. The molecule has 2 aliphatic rings. The quantitative estimate of drug-likeness (QED) is 0.729. The van der Waals surface area contributed by atoms with E-state index < -0.39 is 0 Å². The van der Waals surface area contributed by atoms with Gasteiger partial charge in [-0.1, -0.05) is 6.42 Å². The number of pyridine rings is 1. The minimum absolute atomic E-state index is 0.572. The van der Waals surface area contributed by atoms with Crippen LogP contribution in [0.3, 0.4) is 0 Å². The molecule has 0 unspecified atom stereocenters. The number of hydrogen-bond acceptors (Lipinski definition) is 4. The van der Waals surface area contributed by atoms with Crippen molar-refractivity contribution in [1.82, 2.24) is 29.3 Å². The van der Waals surface area contributed by atoms with Gasteiger partial charge in [0.05, 0.1) is 5.52 Å². The third kappa shape index (κ3) is 3.03. The van der Waals surface area contributed by atoms with Crippen LogP contribution in [0.25, 0.3) is 5.52 Å². The van der Waals surface area contributed by atoms with Crippen LogP contribution >= 0.6 is 0 Å². The van der Waals surface area contributed by atoms with Gasteiger partial charge in [-0.3, -0.25) is 4.90 Å². The van der Waals surface area contributed by atoms with Crippen LogP contribution in [0.1, 0.15) is 55.2 Å². The molecule has 6 heteroatoms. The zero-order valence-corrected chi connectivity index (χ0v) is 15.2. The number of nitrogens with zero attached hydrogens (tertiary/aromatic N) is 6. The van der Waals surface area contributed by atoms with Gasteiger partial charge >= 0.3 is 0 Å². The number of aromatic nitrogens is 5. The molecule has 3 aromatic heterocycles. The van der Waals surface area contributed by atoms with Crippen LogP contribution < -0.4 is 0 Å². The molecule has 0 amide bonds. The normalized spacial score (nSPS) is 19.5. The first-order chi connectivity index (χ1) is 12.9. The van der Waals surface area contributed by atoms with E-state index in [4.69, 9.17) is 0 Å². The molecule has 3 aromatic rings. The molecular weight excluding hydrogens is 324 g/mol. The Labute approximate surface area is 153 Å². The molecule has 0 aliphatic carbocycles. The van der Waals surface area contributed by atoms with Crippen molar-refractivity contribution in [3.05, 3.63) is 47.8 Å². The monoisotopic (exact) mass is 350 g/mol. The Balaban J connectivity index is 1.24. The van der Waals surface area contributed by atoms with Crippen LogP contribution in [0.2, 0.25) is 0 Å². The maximum atomic E-state index is 4.59. The highest BCUT2D eigenvalue weighted by Crippen LogP contribution is 2.29. The molecule has 0 atom stereocenters. The summed E-state index contributed by atoms with van der Waals surface area (Å²) in [5.41, 5.74) is 2.54. The van der Waals surface area contributed by atoms with E-state index in [0.29, 0.717) is 5.92 Å². The second kappa shape index (κ2) is 6.83. The molecule has 0 bridgehead atoms. The molecule has 2 aliphatic heterocycles. The van der Waals surface area contributed by atoms with Gasteiger partial charge in [-0.15, -0.1) is 10.2 Å². The molecule has 26 heavy (non-hydrogen) atoms. The highest BCUT2D eigenvalue weighted by molar-refractivity contribution is 5.47. The fourth-order valence-corrected chi connectivity index (χ4v) is 4.48. The first-order valence-electron chi connectivity index (χ1n) is 9.93. The van der Waals surface area contributed by atoms with Crippen molar-refractivity contribution in [2.24, 2.45) is 0 Å². The number of likely N-dealkylation sites (tertiary alicyclic amines) is 1. The standard InChI is InChI=1S/C20H26N6/c1-2-4-19-22-23-20(25(19)10-3-1)17-7-11-24(12-8-17)15-16-6-13-26-18(14-16)5-9-21-26/h5-6,9,13-14,17H,1-4,7-8,10-12,15H2. The second-order valence-electron chi connectivity index (χ2n) is 7.72. The van der Waals surface area contributed by atoms with Gasteiger partial charge in [0.2, 0.25) is 0 Å². The van der Waals surface area contributed by atoms with Crippen LogP contribution in [-0.2, 0) is 19.5 Å². The lowest BCUT2D eigenvalue weighted by molar-refractivity contribution is 0.200. The summed E-state index contributed by atoms with van der Waals surface area (Å²) in [6.07, 6.45) is 11.2. The van der Waals surface area contributed by atoms with Crippen LogP contribution in [-0.4, -0.2) is 42.4 Å². The van der Waals surface area contributed by atoms with Crippen LogP contribution in [0.4, 0.5) is 0 Å². The summed E-state index contributed by atoms with van der Waals surface area (Å²) in [5.74, 6) is 3.04. The summed E-state index contributed by atoms with van der Waals surface area (Å²) in [5, 5.41) is 13.4. The molecular formula is C20H26N6. The second-order valence-corrected chi connectivity index (χ2v) is 7.72. The van der Waals surface area contributed by atoms with Crippen molar-refractivity contribution in [3.8, 4) is 0 Å². The Morgan fingerprint density at radius 1 is 1.00 bits per heavy atom. The SMILES string of the molecule is c1cc2cc(CN3CCC(c4nnc5n4CCCCC5)CC3)ccn2n1. The summed E-state index contributed by atoms with van der Waals surface area (Å²) in [6.45, 7) is 4.41.